The SMILES string of the molecule is CC(C)CC(Cc1cccc(Br)c1)C(=O)NCCC(C)N. The minimum absolute atomic E-state index is 0.0207. The molecule has 0 fully saturated rings. The summed E-state index contributed by atoms with van der Waals surface area (Å²) in [6, 6.07) is 8.30. The summed E-state index contributed by atoms with van der Waals surface area (Å²) in [5, 5.41) is 3.02. The molecule has 0 aliphatic rings. The van der Waals surface area contributed by atoms with Crippen molar-refractivity contribution in [1.29, 1.82) is 0 Å². The Morgan fingerprint density at radius 1 is 1.33 bits per heavy atom. The predicted octanol–water partition coefficient (Wildman–Crippen LogP) is 3.51. The van der Waals surface area contributed by atoms with Crippen LogP contribution in [-0.2, 0) is 11.2 Å². The van der Waals surface area contributed by atoms with Gasteiger partial charge in [0.2, 0.25) is 5.91 Å². The first-order chi connectivity index (χ1) is 9.88. The molecule has 0 saturated heterocycles. The number of hydrogen-bond donors (Lipinski definition) is 2. The van der Waals surface area contributed by atoms with Crippen molar-refractivity contribution in [1.82, 2.24) is 5.32 Å². The van der Waals surface area contributed by atoms with Crippen LogP contribution in [0.15, 0.2) is 28.7 Å². The summed E-state index contributed by atoms with van der Waals surface area (Å²) in [5.41, 5.74) is 6.91. The Hall–Kier alpha value is -0.870. The second-order valence-electron chi connectivity index (χ2n) is 6.22. The average Bonchev–Trinajstić information content (AvgIpc) is 2.37. The molecule has 1 aromatic carbocycles. The minimum Gasteiger partial charge on any atom is -0.356 e. The van der Waals surface area contributed by atoms with Gasteiger partial charge in [0.1, 0.15) is 0 Å². The zero-order valence-corrected chi connectivity index (χ0v) is 14.8. The molecule has 0 spiro atoms. The van der Waals surface area contributed by atoms with Crippen molar-refractivity contribution in [3.05, 3.63) is 34.3 Å². The van der Waals surface area contributed by atoms with Crippen molar-refractivity contribution >= 4 is 21.8 Å². The van der Waals surface area contributed by atoms with E-state index in [1.54, 1.807) is 0 Å². The predicted molar refractivity (Wildman–Crippen MR) is 92.1 cm³/mol. The molecule has 0 saturated carbocycles. The van der Waals surface area contributed by atoms with Gasteiger partial charge < -0.3 is 11.1 Å². The van der Waals surface area contributed by atoms with Gasteiger partial charge in [-0.3, -0.25) is 4.79 Å². The highest BCUT2D eigenvalue weighted by Crippen LogP contribution is 2.20. The number of carbonyl (C=O) groups excluding carboxylic acids is 1. The number of nitrogens with two attached hydrogens (primary N) is 1. The second kappa shape index (κ2) is 9.21. The first-order valence-electron chi connectivity index (χ1n) is 7.66. The fraction of sp³-hybridized carbons (Fsp3) is 0.588. The van der Waals surface area contributed by atoms with E-state index in [2.05, 4.69) is 47.2 Å². The second-order valence-corrected chi connectivity index (χ2v) is 7.13. The number of benzene rings is 1. The molecule has 3 nitrogen and oxygen atoms in total. The standard InChI is InChI=1S/C17H27BrN2O/c1-12(2)9-15(17(21)20-8-7-13(3)19)10-14-5-4-6-16(18)11-14/h4-6,11-13,15H,7-10,19H2,1-3H3,(H,20,21). The quantitative estimate of drug-likeness (QED) is 0.750. The maximum absolute atomic E-state index is 12.4. The number of carbonyl (C=O) groups is 1. The molecule has 0 radical (unpaired) electrons. The normalized spacial score (nSPS) is 14.0. The van der Waals surface area contributed by atoms with Gasteiger partial charge in [-0.05, 0) is 49.8 Å². The fourth-order valence-corrected chi connectivity index (χ4v) is 2.81. The van der Waals surface area contributed by atoms with Crippen molar-refractivity contribution in [2.24, 2.45) is 17.6 Å². The maximum Gasteiger partial charge on any atom is 0.223 e. The smallest absolute Gasteiger partial charge is 0.223 e. The molecule has 0 aliphatic carbocycles. The Bertz CT molecular complexity index is 446. The van der Waals surface area contributed by atoms with Crippen LogP contribution in [0.5, 0.6) is 0 Å². The molecule has 1 rings (SSSR count). The van der Waals surface area contributed by atoms with E-state index in [1.165, 1.54) is 5.56 Å². The average molecular weight is 355 g/mol. The van der Waals surface area contributed by atoms with Crippen LogP contribution in [0.25, 0.3) is 0 Å². The number of nitrogens with one attached hydrogen (secondary N) is 1. The summed E-state index contributed by atoms with van der Waals surface area (Å²) >= 11 is 3.48. The van der Waals surface area contributed by atoms with E-state index in [-0.39, 0.29) is 17.9 Å². The van der Waals surface area contributed by atoms with Gasteiger partial charge in [0.05, 0.1) is 0 Å². The third-order valence-corrected chi connectivity index (χ3v) is 3.89. The van der Waals surface area contributed by atoms with E-state index >= 15 is 0 Å². The molecule has 0 heterocycles. The minimum atomic E-state index is 0.0207. The largest absolute Gasteiger partial charge is 0.356 e. The topological polar surface area (TPSA) is 55.1 Å². The highest BCUT2D eigenvalue weighted by molar-refractivity contribution is 9.10. The first-order valence-corrected chi connectivity index (χ1v) is 8.45. The molecule has 3 N–H and O–H groups in total. The van der Waals surface area contributed by atoms with Gasteiger partial charge in [-0.15, -0.1) is 0 Å². The Labute approximate surface area is 136 Å². The van der Waals surface area contributed by atoms with Crippen molar-refractivity contribution in [3.8, 4) is 0 Å². The summed E-state index contributed by atoms with van der Waals surface area (Å²) in [6.07, 6.45) is 2.50. The number of halogens is 1. The molecule has 21 heavy (non-hydrogen) atoms. The maximum atomic E-state index is 12.4. The van der Waals surface area contributed by atoms with Gasteiger partial charge in [0, 0.05) is 23.0 Å². The van der Waals surface area contributed by atoms with Crippen molar-refractivity contribution < 1.29 is 4.79 Å². The van der Waals surface area contributed by atoms with Crippen LogP contribution < -0.4 is 11.1 Å². The van der Waals surface area contributed by atoms with Crippen LogP contribution in [0.1, 0.15) is 39.2 Å². The fourth-order valence-electron chi connectivity index (χ4n) is 2.37. The lowest BCUT2D eigenvalue weighted by Gasteiger charge is -2.19. The lowest BCUT2D eigenvalue weighted by Crippen LogP contribution is -2.35. The van der Waals surface area contributed by atoms with Crippen molar-refractivity contribution in [3.63, 3.8) is 0 Å². The zero-order chi connectivity index (χ0) is 15.8. The van der Waals surface area contributed by atoms with Crippen LogP contribution in [0.2, 0.25) is 0 Å². The molecule has 0 aromatic heterocycles. The van der Waals surface area contributed by atoms with Gasteiger partial charge in [-0.1, -0.05) is 41.9 Å². The molecule has 1 amide bonds. The molecular formula is C17H27BrN2O. The van der Waals surface area contributed by atoms with E-state index in [9.17, 15) is 4.79 Å². The Morgan fingerprint density at radius 3 is 2.62 bits per heavy atom. The Balaban J connectivity index is 2.64. The lowest BCUT2D eigenvalue weighted by molar-refractivity contribution is -0.125. The van der Waals surface area contributed by atoms with Gasteiger partial charge >= 0.3 is 0 Å². The third-order valence-electron chi connectivity index (χ3n) is 3.40. The van der Waals surface area contributed by atoms with Crippen LogP contribution in [-0.4, -0.2) is 18.5 Å². The van der Waals surface area contributed by atoms with E-state index in [4.69, 9.17) is 5.73 Å². The summed E-state index contributed by atoms with van der Waals surface area (Å²) in [6.45, 7) is 6.93. The van der Waals surface area contributed by atoms with Gasteiger partial charge in [0.15, 0.2) is 0 Å². The zero-order valence-electron chi connectivity index (χ0n) is 13.2. The highest BCUT2D eigenvalue weighted by Gasteiger charge is 2.20. The summed E-state index contributed by atoms with van der Waals surface area (Å²) in [7, 11) is 0. The van der Waals surface area contributed by atoms with Crippen molar-refractivity contribution in [2.45, 2.75) is 46.1 Å². The summed E-state index contributed by atoms with van der Waals surface area (Å²) < 4.78 is 1.06. The van der Waals surface area contributed by atoms with Gasteiger partial charge in [-0.25, -0.2) is 0 Å². The van der Waals surface area contributed by atoms with Gasteiger partial charge in [0.25, 0.3) is 0 Å². The molecular weight excluding hydrogens is 328 g/mol. The van der Waals surface area contributed by atoms with E-state index < -0.39 is 0 Å². The number of hydrogen-bond acceptors (Lipinski definition) is 2. The first kappa shape index (κ1) is 18.2. The van der Waals surface area contributed by atoms with Crippen LogP contribution >= 0.6 is 15.9 Å². The highest BCUT2D eigenvalue weighted by atomic mass is 79.9. The molecule has 0 bridgehead atoms. The summed E-state index contributed by atoms with van der Waals surface area (Å²) in [5.74, 6) is 0.665. The molecule has 1 aromatic rings. The number of rotatable bonds is 8. The van der Waals surface area contributed by atoms with Crippen LogP contribution in [0, 0.1) is 11.8 Å². The molecule has 0 aliphatic heterocycles. The van der Waals surface area contributed by atoms with Crippen molar-refractivity contribution in [2.75, 3.05) is 6.54 Å². The van der Waals surface area contributed by atoms with E-state index in [0.29, 0.717) is 12.5 Å². The molecule has 118 valence electrons. The van der Waals surface area contributed by atoms with Crippen LogP contribution in [0.4, 0.5) is 0 Å². The van der Waals surface area contributed by atoms with E-state index in [1.807, 2.05) is 19.1 Å². The van der Waals surface area contributed by atoms with Gasteiger partial charge in [-0.2, -0.15) is 0 Å². The van der Waals surface area contributed by atoms with Crippen LogP contribution in [0.3, 0.4) is 0 Å². The number of amides is 1. The molecule has 2 atom stereocenters. The monoisotopic (exact) mass is 354 g/mol. The molecule has 4 heteroatoms. The molecule has 2 unspecified atom stereocenters. The lowest BCUT2D eigenvalue weighted by atomic mass is 9.90. The summed E-state index contributed by atoms with van der Waals surface area (Å²) in [4.78, 5) is 12.4. The Morgan fingerprint density at radius 2 is 2.05 bits per heavy atom. The van der Waals surface area contributed by atoms with E-state index in [0.717, 1.165) is 23.7 Å². The third kappa shape index (κ3) is 7.63. The Kier molecular flexibility index (Phi) is 7.97.